The fraction of sp³-hybridized carbons (Fsp3) is 0.333. The lowest BCUT2D eigenvalue weighted by Crippen LogP contribution is -2.23. The summed E-state index contributed by atoms with van der Waals surface area (Å²) in [5.74, 6) is -0.0748. The lowest BCUT2D eigenvalue weighted by Gasteiger charge is -2.07. The molecule has 1 aromatic carbocycles. The molecule has 1 aromatic heterocycles. The lowest BCUT2D eigenvalue weighted by molar-refractivity contribution is 0.0950. The zero-order valence-electron chi connectivity index (χ0n) is 12.1. The van der Waals surface area contributed by atoms with Crippen LogP contribution in [0.4, 0.5) is 0 Å². The van der Waals surface area contributed by atoms with Crippen molar-refractivity contribution in [3.63, 3.8) is 0 Å². The molecule has 0 spiro atoms. The van der Waals surface area contributed by atoms with Crippen LogP contribution in [0.25, 0.3) is 0 Å². The summed E-state index contributed by atoms with van der Waals surface area (Å²) < 4.78 is 1.70. The molecule has 0 bridgehead atoms. The van der Waals surface area contributed by atoms with Gasteiger partial charge in [-0.15, -0.1) is 12.4 Å². The van der Waals surface area contributed by atoms with Crippen LogP contribution in [0.15, 0.2) is 24.4 Å². The molecular weight excluding hydrogens is 288 g/mol. The molecule has 0 aliphatic carbocycles. The van der Waals surface area contributed by atoms with Crippen LogP contribution in [0.2, 0.25) is 0 Å². The van der Waals surface area contributed by atoms with Gasteiger partial charge in [-0.25, -0.2) is 0 Å². The molecule has 5 nitrogen and oxygen atoms in total. The molecular formula is C15H19ClN4O. The highest BCUT2D eigenvalue weighted by atomic mass is 35.5. The largest absolute Gasteiger partial charge is 0.348 e. The van der Waals surface area contributed by atoms with Gasteiger partial charge >= 0.3 is 0 Å². The first kappa shape index (κ1) is 15.5. The van der Waals surface area contributed by atoms with Crippen molar-refractivity contribution in [3.05, 3.63) is 52.3 Å². The molecule has 0 saturated carbocycles. The first-order valence-corrected chi connectivity index (χ1v) is 6.73. The lowest BCUT2D eigenvalue weighted by atomic mass is 10.1. The van der Waals surface area contributed by atoms with E-state index in [9.17, 15) is 4.79 Å². The summed E-state index contributed by atoms with van der Waals surface area (Å²) in [5, 5.41) is 10.4. The number of rotatable bonds is 3. The van der Waals surface area contributed by atoms with Gasteiger partial charge in [0.25, 0.3) is 5.91 Å². The first-order valence-electron chi connectivity index (χ1n) is 6.73. The Hall–Kier alpha value is -1.85. The number of hydrogen-bond acceptors (Lipinski definition) is 3. The Morgan fingerprint density at radius 3 is 2.86 bits per heavy atom. The Morgan fingerprint density at radius 2 is 2.14 bits per heavy atom. The van der Waals surface area contributed by atoms with Crippen LogP contribution in [0.1, 0.15) is 32.7 Å². The van der Waals surface area contributed by atoms with E-state index in [1.165, 1.54) is 11.1 Å². The Labute approximate surface area is 130 Å². The van der Waals surface area contributed by atoms with Gasteiger partial charge in [-0.3, -0.25) is 9.48 Å². The van der Waals surface area contributed by atoms with E-state index in [1.807, 2.05) is 14.0 Å². The molecule has 0 fully saturated rings. The summed E-state index contributed by atoms with van der Waals surface area (Å²) in [5.41, 5.74) is 5.32. The number of carbonyl (C=O) groups excluding carboxylic acids is 1. The molecule has 6 heteroatoms. The zero-order valence-corrected chi connectivity index (χ0v) is 13.0. The molecule has 2 heterocycles. The second-order valence-electron chi connectivity index (χ2n) is 5.16. The van der Waals surface area contributed by atoms with Gasteiger partial charge in [0.05, 0.1) is 11.8 Å². The van der Waals surface area contributed by atoms with E-state index in [1.54, 1.807) is 10.9 Å². The number of hydrogen-bond donors (Lipinski definition) is 2. The van der Waals surface area contributed by atoms with Crippen molar-refractivity contribution in [3.8, 4) is 0 Å². The van der Waals surface area contributed by atoms with Gasteiger partial charge in [0.15, 0.2) is 0 Å². The molecule has 0 atom stereocenters. The fourth-order valence-corrected chi connectivity index (χ4v) is 2.46. The molecule has 0 saturated heterocycles. The van der Waals surface area contributed by atoms with Gasteiger partial charge in [0, 0.05) is 32.4 Å². The van der Waals surface area contributed by atoms with Crippen LogP contribution < -0.4 is 10.6 Å². The van der Waals surface area contributed by atoms with Crippen molar-refractivity contribution >= 4 is 18.3 Å². The van der Waals surface area contributed by atoms with Crippen LogP contribution in [0.3, 0.4) is 0 Å². The van der Waals surface area contributed by atoms with Crippen molar-refractivity contribution in [1.82, 2.24) is 20.4 Å². The van der Waals surface area contributed by atoms with E-state index < -0.39 is 0 Å². The average Bonchev–Trinajstić information content (AvgIpc) is 3.03. The molecule has 3 rings (SSSR count). The maximum absolute atomic E-state index is 12.1. The molecule has 2 N–H and O–H groups in total. The number of aryl methyl sites for hydroxylation is 1. The van der Waals surface area contributed by atoms with Crippen LogP contribution >= 0.6 is 12.4 Å². The summed E-state index contributed by atoms with van der Waals surface area (Å²) in [6, 6.07) is 6.36. The number of fused-ring (bicyclic) bond motifs is 1. The maximum atomic E-state index is 12.1. The molecule has 112 valence electrons. The second kappa shape index (κ2) is 6.28. The summed E-state index contributed by atoms with van der Waals surface area (Å²) in [6.07, 6.45) is 1.61. The molecule has 0 unspecified atom stereocenters. The third-order valence-corrected chi connectivity index (χ3v) is 3.83. The number of carbonyl (C=O) groups is 1. The number of benzene rings is 1. The molecule has 21 heavy (non-hydrogen) atoms. The molecule has 2 aromatic rings. The number of halogens is 1. The Kier molecular flexibility index (Phi) is 4.65. The predicted octanol–water partition coefficient (Wildman–Crippen LogP) is 1.68. The Balaban J connectivity index is 0.00000161. The molecule has 0 radical (unpaired) electrons. The maximum Gasteiger partial charge on any atom is 0.255 e. The van der Waals surface area contributed by atoms with Gasteiger partial charge in [-0.1, -0.05) is 18.2 Å². The van der Waals surface area contributed by atoms with E-state index >= 15 is 0 Å². The van der Waals surface area contributed by atoms with E-state index in [2.05, 4.69) is 33.9 Å². The normalized spacial score (nSPS) is 12.7. The minimum atomic E-state index is -0.0748. The monoisotopic (exact) mass is 306 g/mol. The van der Waals surface area contributed by atoms with Gasteiger partial charge in [-0.05, 0) is 23.6 Å². The van der Waals surface area contributed by atoms with Gasteiger partial charge in [0.1, 0.15) is 0 Å². The topological polar surface area (TPSA) is 59.0 Å². The van der Waals surface area contributed by atoms with E-state index in [0.717, 1.165) is 24.3 Å². The van der Waals surface area contributed by atoms with Crippen molar-refractivity contribution in [1.29, 1.82) is 0 Å². The van der Waals surface area contributed by atoms with E-state index in [-0.39, 0.29) is 18.3 Å². The summed E-state index contributed by atoms with van der Waals surface area (Å²) in [7, 11) is 1.83. The SMILES string of the molecule is Cc1c(C(=O)NCc2ccc3c(c2)CNC3)cnn1C.Cl. The molecule has 1 aliphatic rings. The quantitative estimate of drug-likeness (QED) is 0.907. The van der Waals surface area contributed by atoms with Crippen molar-refractivity contribution < 1.29 is 4.79 Å². The van der Waals surface area contributed by atoms with Gasteiger partial charge < -0.3 is 10.6 Å². The number of nitrogens with zero attached hydrogens (tertiary/aromatic N) is 2. The van der Waals surface area contributed by atoms with E-state index in [0.29, 0.717) is 12.1 Å². The minimum absolute atomic E-state index is 0. The molecule has 1 amide bonds. The van der Waals surface area contributed by atoms with Gasteiger partial charge in [0.2, 0.25) is 0 Å². The Bertz CT molecular complexity index is 666. The standard InChI is InChI=1S/C15H18N4O.ClH/c1-10-14(9-18-19(10)2)15(20)17-6-11-3-4-12-7-16-8-13(12)5-11;/h3-5,9,16H,6-8H2,1-2H3,(H,17,20);1H. The number of nitrogens with one attached hydrogen (secondary N) is 2. The van der Waals surface area contributed by atoms with Crippen LogP contribution in [0, 0.1) is 6.92 Å². The second-order valence-corrected chi connectivity index (χ2v) is 5.16. The van der Waals surface area contributed by atoms with Crippen molar-refractivity contribution in [2.24, 2.45) is 7.05 Å². The third-order valence-electron chi connectivity index (χ3n) is 3.83. The highest BCUT2D eigenvalue weighted by Gasteiger charge is 2.13. The summed E-state index contributed by atoms with van der Waals surface area (Å²) >= 11 is 0. The Morgan fingerprint density at radius 1 is 1.38 bits per heavy atom. The van der Waals surface area contributed by atoms with Crippen LogP contribution in [0.5, 0.6) is 0 Å². The summed E-state index contributed by atoms with van der Waals surface area (Å²) in [6.45, 7) is 4.29. The highest BCUT2D eigenvalue weighted by Crippen LogP contribution is 2.17. The van der Waals surface area contributed by atoms with Crippen LogP contribution in [-0.4, -0.2) is 15.7 Å². The molecule has 1 aliphatic heterocycles. The number of amides is 1. The number of aromatic nitrogens is 2. The smallest absolute Gasteiger partial charge is 0.255 e. The first-order chi connectivity index (χ1) is 9.65. The van der Waals surface area contributed by atoms with Crippen LogP contribution in [-0.2, 0) is 26.7 Å². The van der Waals surface area contributed by atoms with E-state index in [4.69, 9.17) is 0 Å². The van der Waals surface area contributed by atoms with Crippen molar-refractivity contribution in [2.75, 3.05) is 0 Å². The fourth-order valence-electron chi connectivity index (χ4n) is 2.46. The minimum Gasteiger partial charge on any atom is -0.348 e. The van der Waals surface area contributed by atoms with Gasteiger partial charge in [-0.2, -0.15) is 5.10 Å². The summed E-state index contributed by atoms with van der Waals surface area (Å²) in [4.78, 5) is 12.1. The predicted molar refractivity (Wildman–Crippen MR) is 83.3 cm³/mol. The van der Waals surface area contributed by atoms with Crippen molar-refractivity contribution in [2.45, 2.75) is 26.6 Å². The highest BCUT2D eigenvalue weighted by molar-refractivity contribution is 5.94. The third kappa shape index (κ3) is 3.09. The zero-order chi connectivity index (χ0) is 14.1. The average molecular weight is 307 g/mol.